The van der Waals surface area contributed by atoms with Crippen LogP contribution >= 0.6 is 0 Å². The molecular formula is C12H21NO4. The van der Waals surface area contributed by atoms with Gasteiger partial charge in [-0.05, 0) is 34.1 Å². The minimum absolute atomic E-state index is 0.169. The predicted molar refractivity (Wildman–Crippen MR) is 62.5 cm³/mol. The fourth-order valence-electron chi connectivity index (χ4n) is 1.98. The van der Waals surface area contributed by atoms with Gasteiger partial charge in [0.2, 0.25) is 0 Å². The smallest absolute Gasteiger partial charge is 0.410 e. The Morgan fingerprint density at radius 2 is 1.88 bits per heavy atom. The van der Waals surface area contributed by atoms with Crippen molar-refractivity contribution in [2.24, 2.45) is 5.92 Å². The number of hydrogen-bond acceptors (Lipinski definition) is 4. The summed E-state index contributed by atoms with van der Waals surface area (Å²) in [7, 11) is 1.37. The zero-order valence-corrected chi connectivity index (χ0v) is 11.1. The Balaban J connectivity index is 2.64. The largest absolute Gasteiger partial charge is 0.469 e. The summed E-state index contributed by atoms with van der Waals surface area (Å²) in [4.78, 5) is 24.9. The molecule has 2 atom stereocenters. The van der Waals surface area contributed by atoms with Crippen LogP contribution in [0.5, 0.6) is 0 Å². The Kier molecular flexibility index (Phi) is 4.01. The lowest BCUT2D eigenvalue weighted by Gasteiger charge is -2.27. The number of carbonyl (C=O) groups excluding carboxylic acids is 2. The molecule has 1 saturated heterocycles. The standard InChI is InChI=1S/C12H21NO4/c1-8-9(10(14)16-5)6-7-13(8)11(15)17-12(2,3)4/h8-9H,6-7H2,1-5H3. The van der Waals surface area contributed by atoms with Crippen LogP contribution in [0.25, 0.3) is 0 Å². The van der Waals surface area contributed by atoms with Gasteiger partial charge in [-0.1, -0.05) is 0 Å². The van der Waals surface area contributed by atoms with Crippen molar-refractivity contribution < 1.29 is 19.1 Å². The van der Waals surface area contributed by atoms with E-state index in [2.05, 4.69) is 0 Å². The van der Waals surface area contributed by atoms with Crippen molar-refractivity contribution in [1.82, 2.24) is 4.90 Å². The van der Waals surface area contributed by atoms with E-state index in [1.165, 1.54) is 7.11 Å². The number of hydrogen-bond donors (Lipinski definition) is 0. The van der Waals surface area contributed by atoms with Gasteiger partial charge >= 0.3 is 12.1 Å². The molecule has 0 spiro atoms. The number of amides is 1. The molecule has 0 aromatic heterocycles. The molecule has 0 aromatic carbocycles. The summed E-state index contributed by atoms with van der Waals surface area (Å²) >= 11 is 0. The van der Waals surface area contributed by atoms with Gasteiger partial charge < -0.3 is 14.4 Å². The molecule has 0 aliphatic carbocycles. The van der Waals surface area contributed by atoms with Crippen molar-refractivity contribution in [2.45, 2.75) is 45.8 Å². The number of methoxy groups -OCH3 is 1. The Labute approximate surface area is 102 Å². The van der Waals surface area contributed by atoms with Crippen molar-refractivity contribution in [1.29, 1.82) is 0 Å². The zero-order chi connectivity index (χ0) is 13.2. The quantitative estimate of drug-likeness (QED) is 0.659. The maximum absolute atomic E-state index is 11.9. The number of ether oxygens (including phenoxy) is 2. The SMILES string of the molecule is COC(=O)C1CCN(C(=O)OC(C)(C)C)C1C. The molecule has 1 fully saturated rings. The Bertz CT molecular complexity index is 308. The molecule has 0 saturated carbocycles. The summed E-state index contributed by atoms with van der Waals surface area (Å²) < 4.78 is 10.0. The summed E-state index contributed by atoms with van der Waals surface area (Å²) in [5.74, 6) is -0.504. The number of carbonyl (C=O) groups is 2. The molecule has 1 aliphatic heterocycles. The van der Waals surface area contributed by atoms with Gasteiger partial charge in [0.25, 0.3) is 0 Å². The van der Waals surface area contributed by atoms with Crippen LogP contribution in [0.15, 0.2) is 0 Å². The van der Waals surface area contributed by atoms with Crippen LogP contribution in [0.1, 0.15) is 34.1 Å². The van der Waals surface area contributed by atoms with Crippen LogP contribution in [0.2, 0.25) is 0 Å². The monoisotopic (exact) mass is 243 g/mol. The highest BCUT2D eigenvalue weighted by molar-refractivity contribution is 5.76. The molecule has 98 valence electrons. The molecule has 1 aliphatic rings. The Hall–Kier alpha value is -1.26. The second kappa shape index (κ2) is 4.94. The van der Waals surface area contributed by atoms with Gasteiger partial charge in [-0.25, -0.2) is 4.79 Å². The topological polar surface area (TPSA) is 55.8 Å². The molecule has 0 radical (unpaired) electrons. The van der Waals surface area contributed by atoms with E-state index in [1.807, 2.05) is 27.7 Å². The molecule has 0 bridgehead atoms. The summed E-state index contributed by atoms with van der Waals surface area (Å²) in [5.41, 5.74) is -0.514. The van der Waals surface area contributed by atoms with Crippen LogP contribution < -0.4 is 0 Å². The zero-order valence-electron chi connectivity index (χ0n) is 11.1. The van der Waals surface area contributed by atoms with Gasteiger partial charge in [0.05, 0.1) is 13.0 Å². The molecule has 5 nitrogen and oxygen atoms in total. The van der Waals surface area contributed by atoms with E-state index >= 15 is 0 Å². The molecule has 1 rings (SSSR count). The molecule has 2 unspecified atom stereocenters. The van der Waals surface area contributed by atoms with Crippen LogP contribution in [-0.4, -0.2) is 42.3 Å². The highest BCUT2D eigenvalue weighted by atomic mass is 16.6. The van der Waals surface area contributed by atoms with E-state index in [1.54, 1.807) is 4.90 Å². The van der Waals surface area contributed by atoms with E-state index in [9.17, 15) is 9.59 Å². The Morgan fingerprint density at radius 1 is 1.29 bits per heavy atom. The number of likely N-dealkylation sites (tertiary alicyclic amines) is 1. The minimum Gasteiger partial charge on any atom is -0.469 e. The highest BCUT2D eigenvalue weighted by Crippen LogP contribution is 2.26. The third kappa shape index (κ3) is 3.35. The van der Waals surface area contributed by atoms with E-state index in [-0.39, 0.29) is 24.0 Å². The lowest BCUT2D eigenvalue weighted by molar-refractivity contribution is -0.145. The van der Waals surface area contributed by atoms with Crippen LogP contribution in [0.4, 0.5) is 4.79 Å². The first-order valence-corrected chi connectivity index (χ1v) is 5.83. The summed E-state index contributed by atoms with van der Waals surface area (Å²) in [6, 6.07) is -0.169. The van der Waals surface area contributed by atoms with Crippen molar-refractivity contribution >= 4 is 12.1 Å². The summed E-state index contributed by atoms with van der Waals surface area (Å²) in [6.45, 7) is 7.85. The van der Waals surface area contributed by atoms with Crippen LogP contribution in [-0.2, 0) is 14.3 Å². The first-order valence-electron chi connectivity index (χ1n) is 5.83. The number of esters is 1. The average molecular weight is 243 g/mol. The predicted octanol–water partition coefficient (Wildman–Crippen LogP) is 1.80. The molecule has 0 aromatic rings. The molecular weight excluding hydrogens is 222 g/mol. The van der Waals surface area contributed by atoms with Crippen molar-refractivity contribution in [3.8, 4) is 0 Å². The van der Waals surface area contributed by atoms with E-state index in [0.717, 1.165) is 0 Å². The molecule has 17 heavy (non-hydrogen) atoms. The van der Waals surface area contributed by atoms with E-state index < -0.39 is 5.60 Å². The third-order valence-corrected chi connectivity index (χ3v) is 2.89. The lowest BCUT2D eigenvalue weighted by atomic mass is 10.0. The minimum atomic E-state index is -0.514. The normalized spacial score (nSPS) is 24.6. The number of rotatable bonds is 1. The van der Waals surface area contributed by atoms with Gasteiger partial charge in [-0.2, -0.15) is 0 Å². The fraction of sp³-hybridized carbons (Fsp3) is 0.833. The van der Waals surface area contributed by atoms with E-state index in [0.29, 0.717) is 13.0 Å². The van der Waals surface area contributed by atoms with Crippen molar-refractivity contribution in [3.05, 3.63) is 0 Å². The molecule has 5 heteroatoms. The van der Waals surface area contributed by atoms with Gasteiger partial charge in [-0.15, -0.1) is 0 Å². The molecule has 1 heterocycles. The highest BCUT2D eigenvalue weighted by Gasteiger charge is 2.40. The van der Waals surface area contributed by atoms with Gasteiger partial charge in [0.15, 0.2) is 0 Å². The first-order chi connectivity index (χ1) is 7.76. The summed E-state index contributed by atoms with van der Waals surface area (Å²) in [6.07, 6.45) is 0.268. The van der Waals surface area contributed by atoms with Crippen LogP contribution in [0.3, 0.4) is 0 Å². The van der Waals surface area contributed by atoms with Crippen molar-refractivity contribution in [3.63, 3.8) is 0 Å². The first kappa shape index (κ1) is 13.8. The fourth-order valence-corrected chi connectivity index (χ4v) is 1.98. The average Bonchev–Trinajstić information content (AvgIpc) is 2.56. The second-order valence-electron chi connectivity index (χ2n) is 5.33. The van der Waals surface area contributed by atoms with Crippen molar-refractivity contribution in [2.75, 3.05) is 13.7 Å². The van der Waals surface area contributed by atoms with Gasteiger partial charge in [0, 0.05) is 12.6 Å². The lowest BCUT2D eigenvalue weighted by Crippen LogP contribution is -2.41. The summed E-state index contributed by atoms with van der Waals surface area (Å²) in [5, 5.41) is 0. The second-order valence-corrected chi connectivity index (χ2v) is 5.33. The van der Waals surface area contributed by atoms with Gasteiger partial charge in [0.1, 0.15) is 5.60 Å². The maximum atomic E-state index is 11.9. The third-order valence-electron chi connectivity index (χ3n) is 2.89. The van der Waals surface area contributed by atoms with Crippen LogP contribution in [0, 0.1) is 5.92 Å². The molecule has 1 amide bonds. The molecule has 0 N–H and O–H groups in total. The van der Waals surface area contributed by atoms with E-state index in [4.69, 9.17) is 9.47 Å². The Morgan fingerprint density at radius 3 is 2.35 bits per heavy atom. The number of nitrogens with zero attached hydrogens (tertiary/aromatic N) is 1. The van der Waals surface area contributed by atoms with Gasteiger partial charge in [-0.3, -0.25) is 4.79 Å². The maximum Gasteiger partial charge on any atom is 0.410 e.